The predicted molar refractivity (Wildman–Crippen MR) is 38.3 cm³/mol. The van der Waals surface area contributed by atoms with Gasteiger partial charge in [-0.2, -0.15) is 0 Å². The predicted octanol–water partition coefficient (Wildman–Crippen LogP) is 2.58. The topological polar surface area (TPSA) is 42.6 Å². The molecule has 1 rings (SSSR count). The highest BCUT2D eigenvalue weighted by Gasteiger charge is 1.92. The quantitative estimate of drug-likeness (QED) is 0.489. The Bertz CT molecular complexity index is 240. The number of halogens is 1. The average molecular weight is 158 g/mol. The molecule has 0 saturated carbocycles. The number of rotatable bonds is 2. The van der Waals surface area contributed by atoms with Crippen molar-refractivity contribution >= 4 is 17.7 Å². The van der Waals surface area contributed by atoms with Crippen LogP contribution in [0.4, 0.5) is 0 Å². The zero-order valence-corrected chi connectivity index (χ0v) is 5.71. The summed E-state index contributed by atoms with van der Waals surface area (Å²) < 4.78 is 4.85. The molecule has 0 aromatic carbocycles. The van der Waals surface area contributed by atoms with Gasteiger partial charge in [0.1, 0.15) is 5.76 Å². The van der Waals surface area contributed by atoms with Crippen LogP contribution in [0.3, 0.4) is 0 Å². The Hall–Kier alpha value is -1.09. The Morgan fingerprint density at radius 2 is 2.60 bits per heavy atom. The monoisotopic (exact) mass is 157 g/mol. The van der Waals surface area contributed by atoms with Crippen LogP contribution < -0.4 is 0 Å². The van der Waals surface area contributed by atoms with Crippen LogP contribution in [0.25, 0.3) is 6.08 Å². The van der Waals surface area contributed by atoms with Crippen molar-refractivity contribution in [1.82, 2.24) is 0 Å². The molecule has 0 radical (unpaired) electrons. The summed E-state index contributed by atoms with van der Waals surface area (Å²) in [5.74, 6) is 0.518. The molecule has 0 aliphatic heterocycles. The molecule has 52 valence electrons. The zero-order valence-electron chi connectivity index (χ0n) is 4.95. The van der Waals surface area contributed by atoms with Gasteiger partial charge >= 0.3 is 0 Å². The van der Waals surface area contributed by atoms with Crippen LogP contribution in [0.2, 0.25) is 0 Å². The summed E-state index contributed by atoms with van der Waals surface area (Å²) in [5, 5.41) is 2.36. The van der Waals surface area contributed by atoms with Crippen molar-refractivity contribution in [1.29, 1.82) is 0 Å². The van der Waals surface area contributed by atoms with E-state index >= 15 is 0 Å². The van der Waals surface area contributed by atoms with Crippen LogP contribution in [-0.4, -0.2) is 0 Å². The molecule has 0 aliphatic rings. The number of hydrogen-bond donors (Lipinski definition) is 0. The SMILES string of the molecule is O=N/C(Cl)=C/c1ccco1. The molecular formula is C6H4ClNO2. The maximum Gasteiger partial charge on any atom is 0.177 e. The lowest BCUT2D eigenvalue weighted by molar-refractivity contribution is 0.557. The smallest absolute Gasteiger partial charge is 0.177 e. The van der Waals surface area contributed by atoms with Crippen molar-refractivity contribution in [3.05, 3.63) is 34.2 Å². The molecule has 0 N–H and O–H groups in total. The average Bonchev–Trinajstić information content (AvgIpc) is 2.40. The van der Waals surface area contributed by atoms with Crippen LogP contribution in [-0.2, 0) is 0 Å². The molecule has 0 bridgehead atoms. The maximum absolute atomic E-state index is 9.74. The Morgan fingerprint density at radius 3 is 3.10 bits per heavy atom. The largest absolute Gasteiger partial charge is 0.465 e. The Labute approximate surface area is 62.3 Å². The van der Waals surface area contributed by atoms with Gasteiger partial charge in [0.2, 0.25) is 0 Å². The summed E-state index contributed by atoms with van der Waals surface area (Å²) in [5.41, 5.74) is 0. The minimum atomic E-state index is -0.116. The third-order valence-corrected chi connectivity index (χ3v) is 1.07. The highest BCUT2D eigenvalue weighted by atomic mass is 35.5. The molecule has 1 aromatic rings. The molecule has 0 spiro atoms. The molecule has 0 amide bonds. The molecular weight excluding hydrogens is 154 g/mol. The van der Waals surface area contributed by atoms with Crippen LogP contribution in [0.5, 0.6) is 0 Å². The van der Waals surface area contributed by atoms with E-state index < -0.39 is 0 Å². The Morgan fingerprint density at radius 1 is 1.80 bits per heavy atom. The molecule has 1 aromatic heterocycles. The van der Waals surface area contributed by atoms with E-state index in [4.69, 9.17) is 16.0 Å². The van der Waals surface area contributed by atoms with E-state index in [1.165, 1.54) is 12.3 Å². The van der Waals surface area contributed by atoms with E-state index in [0.717, 1.165) is 0 Å². The Balaban J connectivity index is 2.80. The molecule has 3 nitrogen and oxygen atoms in total. The lowest BCUT2D eigenvalue weighted by Gasteiger charge is -1.80. The van der Waals surface area contributed by atoms with Crippen molar-refractivity contribution in [2.24, 2.45) is 5.18 Å². The van der Waals surface area contributed by atoms with Gasteiger partial charge in [-0.3, -0.25) is 0 Å². The molecule has 1 heterocycles. The van der Waals surface area contributed by atoms with Crippen LogP contribution in [0.15, 0.2) is 33.1 Å². The number of furan rings is 1. The summed E-state index contributed by atoms with van der Waals surface area (Å²) in [4.78, 5) is 9.74. The summed E-state index contributed by atoms with van der Waals surface area (Å²) in [6, 6.07) is 3.37. The highest BCUT2D eigenvalue weighted by Crippen LogP contribution is 2.10. The van der Waals surface area contributed by atoms with E-state index in [0.29, 0.717) is 5.76 Å². The molecule has 0 saturated heterocycles. The van der Waals surface area contributed by atoms with Crippen molar-refractivity contribution in [2.75, 3.05) is 0 Å². The standard InChI is InChI=1S/C6H4ClNO2/c7-6(8-9)4-5-2-1-3-10-5/h1-4H/b6-4+. The van der Waals surface area contributed by atoms with Gasteiger partial charge in [-0.05, 0) is 17.3 Å². The first-order valence-corrected chi connectivity index (χ1v) is 2.95. The molecule has 4 heteroatoms. The normalized spacial score (nSPS) is 11.5. The Kier molecular flexibility index (Phi) is 2.23. The summed E-state index contributed by atoms with van der Waals surface area (Å²) >= 11 is 5.28. The van der Waals surface area contributed by atoms with E-state index in [9.17, 15) is 4.91 Å². The lowest BCUT2D eigenvalue weighted by Crippen LogP contribution is -1.62. The van der Waals surface area contributed by atoms with Gasteiger partial charge < -0.3 is 4.42 Å². The first-order valence-electron chi connectivity index (χ1n) is 2.57. The van der Waals surface area contributed by atoms with E-state index in [1.807, 2.05) is 0 Å². The fourth-order valence-corrected chi connectivity index (χ4v) is 0.625. The van der Waals surface area contributed by atoms with Gasteiger partial charge in [0.05, 0.1) is 6.26 Å². The van der Waals surface area contributed by atoms with E-state index in [2.05, 4.69) is 5.18 Å². The lowest BCUT2D eigenvalue weighted by atomic mass is 10.4. The highest BCUT2D eigenvalue weighted by molar-refractivity contribution is 6.31. The number of nitroso groups, excluding NO2 is 1. The summed E-state index contributed by atoms with van der Waals surface area (Å²) in [6.07, 6.45) is 2.83. The fraction of sp³-hybridized carbons (Fsp3) is 0. The summed E-state index contributed by atoms with van der Waals surface area (Å²) in [6.45, 7) is 0. The minimum Gasteiger partial charge on any atom is -0.465 e. The van der Waals surface area contributed by atoms with Crippen molar-refractivity contribution in [3.63, 3.8) is 0 Å². The van der Waals surface area contributed by atoms with Crippen molar-refractivity contribution < 1.29 is 4.42 Å². The van der Waals surface area contributed by atoms with Crippen LogP contribution in [0.1, 0.15) is 5.76 Å². The van der Waals surface area contributed by atoms with Crippen molar-refractivity contribution in [3.8, 4) is 0 Å². The van der Waals surface area contributed by atoms with Crippen LogP contribution in [0, 0.1) is 4.91 Å². The van der Waals surface area contributed by atoms with Gasteiger partial charge in [0, 0.05) is 6.08 Å². The second kappa shape index (κ2) is 3.17. The third-order valence-electron chi connectivity index (χ3n) is 0.892. The molecule has 0 atom stereocenters. The number of nitrogens with zero attached hydrogens (tertiary/aromatic N) is 1. The van der Waals surface area contributed by atoms with Gasteiger partial charge in [0.15, 0.2) is 5.16 Å². The van der Waals surface area contributed by atoms with Gasteiger partial charge in [0.25, 0.3) is 0 Å². The van der Waals surface area contributed by atoms with Gasteiger partial charge in [-0.15, -0.1) is 4.91 Å². The first kappa shape index (κ1) is 7.02. The minimum absolute atomic E-state index is 0.116. The van der Waals surface area contributed by atoms with E-state index in [-0.39, 0.29) is 5.16 Å². The molecule has 0 unspecified atom stereocenters. The maximum atomic E-state index is 9.74. The van der Waals surface area contributed by atoms with E-state index in [1.54, 1.807) is 12.1 Å². The van der Waals surface area contributed by atoms with Gasteiger partial charge in [-0.1, -0.05) is 11.6 Å². The zero-order chi connectivity index (χ0) is 7.40. The van der Waals surface area contributed by atoms with Crippen LogP contribution >= 0.6 is 11.6 Å². The second-order valence-electron chi connectivity index (χ2n) is 1.57. The number of hydrogen-bond acceptors (Lipinski definition) is 3. The van der Waals surface area contributed by atoms with Gasteiger partial charge in [-0.25, -0.2) is 0 Å². The molecule has 0 aliphatic carbocycles. The van der Waals surface area contributed by atoms with Crippen molar-refractivity contribution in [2.45, 2.75) is 0 Å². The summed E-state index contributed by atoms with van der Waals surface area (Å²) in [7, 11) is 0. The second-order valence-corrected chi connectivity index (χ2v) is 1.96. The third kappa shape index (κ3) is 1.70. The molecule has 10 heavy (non-hydrogen) atoms. The fourth-order valence-electron chi connectivity index (χ4n) is 0.517. The first-order chi connectivity index (χ1) is 4.83. The molecule has 0 fully saturated rings.